The molecule has 2 amide bonds. The van der Waals surface area contributed by atoms with Gasteiger partial charge in [-0.1, -0.05) is 54.5 Å². The first-order valence-corrected chi connectivity index (χ1v) is 12.7. The second-order valence-corrected chi connectivity index (χ2v) is 10.7. The lowest BCUT2D eigenvalue weighted by Crippen LogP contribution is -2.45. The SMILES string of the molecule is C#CC(C)(C)OC(=O)[C@H](CCCNC(=O)OC(C)(C)C)NC(=O)OCC1c2ccccc2-c2ccccc21. The zero-order valence-corrected chi connectivity index (χ0v) is 22.6. The Morgan fingerprint density at radius 2 is 1.50 bits per heavy atom. The smallest absolute Gasteiger partial charge is 0.407 e. The number of fused-ring (bicyclic) bond motifs is 3. The summed E-state index contributed by atoms with van der Waals surface area (Å²) in [6.07, 6.45) is 4.72. The van der Waals surface area contributed by atoms with Crippen LogP contribution in [0.5, 0.6) is 0 Å². The molecular formula is C30H36N2O6. The number of amides is 2. The molecule has 3 rings (SSSR count). The highest BCUT2D eigenvalue weighted by molar-refractivity contribution is 5.82. The van der Waals surface area contributed by atoms with E-state index in [9.17, 15) is 14.4 Å². The van der Waals surface area contributed by atoms with Crippen molar-refractivity contribution in [2.75, 3.05) is 13.2 Å². The van der Waals surface area contributed by atoms with Crippen molar-refractivity contribution in [1.29, 1.82) is 0 Å². The number of hydrogen-bond acceptors (Lipinski definition) is 6. The average Bonchev–Trinajstić information content (AvgIpc) is 3.17. The zero-order chi connectivity index (χ0) is 27.9. The van der Waals surface area contributed by atoms with Gasteiger partial charge in [0.05, 0.1) is 0 Å². The summed E-state index contributed by atoms with van der Waals surface area (Å²) >= 11 is 0. The topological polar surface area (TPSA) is 103 Å². The van der Waals surface area contributed by atoms with Gasteiger partial charge in [0.25, 0.3) is 0 Å². The van der Waals surface area contributed by atoms with Crippen molar-refractivity contribution in [3.63, 3.8) is 0 Å². The van der Waals surface area contributed by atoms with Crippen LogP contribution in [-0.4, -0.2) is 48.6 Å². The van der Waals surface area contributed by atoms with Crippen molar-refractivity contribution in [1.82, 2.24) is 10.6 Å². The molecule has 0 unspecified atom stereocenters. The Kier molecular flexibility index (Phi) is 9.05. The predicted octanol–water partition coefficient (Wildman–Crippen LogP) is 5.15. The maximum absolute atomic E-state index is 12.9. The minimum atomic E-state index is -1.15. The van der Waals surface area contributed by atoms with Gasteiger partial charge in [-0.2, -0.15) is 0 Å². The average molecular weight is 521 g/mol. The Bertz CT molecular complexity index is 1160. The van der Waals surface area contributed by atoms with E-state index in [1.807, 2.05) is 36.4 Å². The van der Waals surface area contributed by atoms with Crippen molar-refractivity contribution in [3.05, 3.63) is 59.7 Å². The normalized spacial score (nSPS) is 13.4. The molecule has 8 nitrogen and oxygen atoms in total. The fourth-order valence-electron chi connectivity index (χ4n) is 4.19. The van der Waals surface area contributed by atoms with E-state index in [0.29, 0.717) is 6.42 Å². The van der Waals surface area contributed by atoms with Crippen molar-refractivity contribution in [2.45, 2.75) is 70.6 Å². The van der Waals surface area contributed by atoms with Gasteiger partial charge in [0.15, 0.2) is 5.60 Å². The highest BCUT2D eigenvalue weighted by atomic mass is 16.6. The molecule has 0 saturated carbocycles. The van der Waals surface area contributed by atoms with Crippen LogP contribution in [0.3, 0.4) is 0 Å². The van der Waals surface area contributed by atoms with Gasteiger partial charge in [-0.05, 0) is 69.7 Å². The van der Waals surface area contributed by atoms with Crippen LogP contribution < -0.4 is 10.6 Å². The molecule has 1 aliphatic carbocycles. The number of carbonyl (C=O) groups is 3. The number of ether oxygens (including phenoxy) is 3. The lowest BCUT2D eigenvalue weighted by Gasteiger charge is -2.24. The molecule has 1 aliphatic rings. The van der Waals surface area contributed by atoms with Crippen LogP contribution in [0.1, 0.15) is 64.5 Å². The summed E-state index contributed by atoms with van der Waals surface area (Å²) in [7, 11) is 0. The van der Waals surface area contributed by atoms with Crippen LogP contribution in [0, 0.1) is 12.3 Å². The minimum Gasteiger partial charge on any atom is -0.449 e. The van der Waals surface area contributed by atoms with Gasteiger partial charge in [-0.15, -0.1) is 6.42 Å². The molecule has 2 aromatic carbocycles. The van der Waals surface area contributed by atoms with Gasteiger partial charge in [-0.25, -0.2) is 14.4 Å². The molecular weight excluding hydrogens is 484 g/mol. The molecule has 2 aromatic rings. The van der Waals surface area contributed by atoms with Crippen molar-refractivity contribution in [2.24, 2.45) is 0 Å². The number of nitrogens with one attached hydrogen (secondary N) is 2. The molecule has 0 saturated heterocycles. The van der Waals surface area contributed by atoms with Gasteiger partial charge >= 0.3 is 18.2 Å². The predicted molar refractivity (Wildman–Crippen MR) is 144 cm³/mol. The number of carbonyl (C=O) groups excluding carboxylic acids is 3. The van der Waals surface area contributed by atoms with Crippen LogP contribution >= 0.6 is 0 Å². The van der Waals surface area contributed by atoms with E-state index in [2.05, 4.69) is 28.7 Å². The Balaban J connectivity index is 1.61. The van der Waals surface area contributed by atoms with Crippen LogP contribution in [0.15, 0.2) is 48.5 Å². The van der Waals surface area contributed by atoms with E-state index in [-0.39, 0.29) is 25.5 Å². The van der Waals surface area contributed by atoms with Crippen molar-refractivity contribution in [3.8, 4) is 23.5 Å². The number of alkyl carbamates (subject to hydrolysis) is 2. The van der Waals surface area contributed by atoms with E-state index in [0.717, 1.165) is 22.3 Å². The number of rotatable bonds is 9. The van der Waals surface area contributed by atoms with Crippen LogP contribution in [0.2, 0.25) is 0 Å². The second kappa shape index (κ2) is 12.0. The maximum Gasteiger partial charge on any atom is 0.407 e. The van der Waals surface area contributed by atoms with Crippen LogP contribution in [0.4, 0.5) is 9.59 Å². The molecule has 0 fully saturated rings. The van der Waals surface area contributed by atoms with Gasteiger partial charge < -0.3 is 24.8 Å². The monoisotopic (exact) mass is 520 g/mol. The lowest BCUT2D eigenvalue weighted by molar-refractivity contribution is -0.154. The van der Waals surface area contributed by atoms with Crippen LogP contribution in [-0.2, 0) is 19.0 Å². The molecule has 1 atom stereocenters. The molecule has 2 N–H and O–H groups in total. The van der Waals surface area contributed by atoms with E-state index in [1.54, 1.807) is 34.6 Å². The molecule has 8 heteroatoms. The zero-order valence-electron chi connectivity index (χ0n) is 22.6. The highest BCUT2D eigenvalue weighted by Crippen LogP contribution is 2.44. The molecule has 0 bridgehead atoms. The van der Waals surface area contributed by atoms with E-state index in [4.69, 9.17) is 20.6 Å². The number of esters is 1. The lowest BCUT2D eigenvalue weighted by atomic mass is 9.98. The summed E-state index contributed by atoms with van der Waals surface area (Å²) < 4.78 is 16.2. The van der Waals surface area contributed by atoms with E-state index >= 15 is 0 Å². The summed E-state index contributed by atoms with van der Waals surface area (Å²) in [5.41, 5.74) is 2.64. The first kappa shape index (κ1) is 28.6. The summed E-state index contributed by atoms with van der Waals surface area (Å²) in [4.78, 5) is 37.5. The largest absolute Gasteiger partial charge is 0.449 e. The van der Waals surface area contributed by atoms with Crippen LogP contribution in [0.25, 0.3) is 11.1 Å². The fourth-order valence-corrected chi connectivity index (χ4v) is 4.19. The summed E-state index contributed by atoms with van der Waals surface area (Å²) in [5.74, 6) is 1.61. The summed E-state index contributed by atoms with van der Waals surface area (Å²) in [6.45, 7) is 8.82. The third-order valence-corrected chi connectivity index (χ3v) is 5.96. The summed E-state index contributed by atoms with van der Waals surface area (Å²) in [6, 6.07) is 15.0. The molecule has 0 radical (unpaired) electrons. The first-order valence-electron chi connectivity index (χ1n) is 12.7. The third kappa shape index (κ3) is 7.75. The summed E-state index contributed by atoms with van der Waals surface area (Å²) in [5, 5.41) is 5.25. The van der Waals surface area contributed by atoms with Crippen molar-refractivity contribution < 1.29 is 28.6 Å². The molecule has 202 valence electrons. The molecule has 0 spiro atoms. The van der Waals surface area contributed by atoms with Gasteiger partial charge in [0, 0.05) is 12.5 Å². The van der Waals surface area contributed by atoms with E-state index in [1.165, 1.54) is 0 Å². The Hall–Kier alpha value is -3.99. The fraction of sp³-hybridized carbons (Fsp3) is 0.433. The molecule has 0 aromatic heterocycles. The maximum atomic E-state index is 12.9. The Morgan fingerprint density at radius 3 is 2.05 bits per heavy atom. The van der Waals surface area contributed by atoms with Crippen molar-refractivity contribution >= 4 is 18.2 Å². The molecule has 38 heavy (non-hydrogen) atoms. The molecule has 0 heterocycles. The molecule has 0 aliphatic heterocycles. The second-order valence-electron chi connectivity index (χ2n) is 10.7. The quantitative estimate of drug-likeness (QED) is 0.205. The first-order chi connectivity index (χ1) is 17.9. The third-order valence-electron chi connectivity index (χ3n) is 5.96. The standard InChI is InChI=1S/C30H36N2O6/c1-7-30(5,6)37-26(33)25(17-12-18-31-27(34)38-29(2,3)4)32-28(35)36-19-24-22-15-10-8-13-20(22)21-14-9-11-16-23(21)24/h1,8-11,13-16,24-25H,12,17-19H2,2-6H3,(H,31,34)(H,32,35)/t25-/m0/s1. The Labute approximate surface area is 224 Å². The van der Waals surface area contributed by atoms with Gasteiger partial charge in [0.2, 0.25) is 0 Å². The minimum absolute atomic E-state index is 0.109. The number of terminal acetylenes is 1. The number of hydrogen-bond donors (Lipinski definition) is 2. The van der Waals surface area contributed by atoms with Gasteiger partial charge in [0.1, 0.15) is 18.2 Å². The number of benzene rings is 2. The van der Waals surface area contributed by atoms with Gasteiger partial charge in [-0.3, -0.25) is 0 Å². The Morgan fingerprint density at radius 1 is 0.921 bits per heavy atom. The van der Waals surface area contributed by atoms with E-state index < -0.39 is 35.4 Å². The highest BCUT2D eigenvalue weighted by Gasteiger charge is 2.31.